The fourth-order valence-electron chi connectivity index (χ4n) is 2.25. The quantitative estimate of drug-likeness (QED) is 0.641. The zero-order valence-corrected chi connectivity index (χ0v) is 13.9. The third kappa shape index (κ3) is 3.74. The van der Waals surface area contributed by atoms with Crippen LogP contribution in [0.4, 0.5) is 5.69 Å². The van der Waals surface area contributed by atoms with Gasteiger partial charge in [-0.25, -0.2) is 13.1 Å². The van der Waals surface area contributed by atoms with E-state index in [2.05, 4.69) is 9.82 Å². The van der Waals surface area contributed by atoms with E-state index in [0.717, 1.165) is 17.3 Å². The fourth-order valence-corrected chi connectivity index (χ4v) is 3.51. The average Bonchev–Trinajstić information content (AvgIpc) is 2.88. The number of non-ortho nitro benzene ring substituents is 1. The standard InChI is InChI=1S/C14H18N4O4S/c1-4-17-9-14(10(2)15-17)11(3)16-23(21,22)13-7-5-6-12(8-13)18(19)20/h5-9,11,16H,4H2,1-3H3. The van der Waals surface area contributed by atoms with E-state index in [1.807, 2.05) is 6.92 Å². The third-order valence-electron chi connectivity index (χ3n) is 3.45. The van der Waals surface area contributed by atoms with Crippen molar-refractivity contribution in [2.75, 3.05) is 0 Å². The van der Waals surface area contributed by atoms with Crippen molar-refractivity contribution < 1.29 is 13.3 Å². The van der Waals surface area contributed by atoms with Crippen molar-refractivity contribution in [3.63, 3.8) is 0 Å². The van der Waals surface area contributed by atoms with Gasteiger partial charge in [0, 0.05) is 36.5 Å². The Hall–Kier alpha value is -2.26. The highest BCUT2D eigenvalue weighted by Crippen LogP contribution is 2.21. The summed E-state index contributed by atoms with van der Waals surface area (Å²) in [5.41, 5.74) is 1.23. The number of hydrogen-bond donors (Lipinski definition) is 1. The topological polar surface area (TPSA) is 107 Å². The molecule has 0 aliphatic carbocycles. The van der Waals surface area contributed by atoms with Crippen LogP contribution in [-0.4, -0.2) is 23.1 Å². The molecule has 0 saturated heterocycles. The van der Waals surface area contributed by atoms with Crippen molar-refractivity contribution in [1.29, 1.82) is 0 Å². The minimum Gasteiger partial charge on any atom is -0.272 e. The van der Waals surface area contributed by atoms with E-state index in [-0.39, 0.29) is 10.6 Å². The summed E-state index contributed by atoms with van der Waals surface area (Å²) in [6.45, 7) is 6.14. The molecule has 124 valence electrons. The molecule has 9 heteroatoms. The van der Waals surface area contributed by atoms with E-state index in [1.54, 1.807) is 24.7 Å². The monoisotopic (exact) mass is 338 g/mol. The first kappa shape index (κ1) is 17.1. The van der Waals surface area contributed by atoms with Crippen LogP contribution in [0.1, 0.15) is 31.1 Å². The zero-order valence-electron chi connectivity index (χ0n) is 13.1. The average molecular weight is 338 g/mol. The first-order chi connectivity index (χ1) is 10.7. The van der Waals surface area contributed by atoms with Gasteiger partial charge < -0.3 is 0 Å². The summed E-state index contributed by atoms with van der Waals surface area (Å²) in [7, 11) is -3.87. The van der Waals surface area contributed by atoms with E-state index >= 15 is 0 Å². The van der Waals surface area contributed by atoms with Crippen LogP contribution in [0.15, 0.2) is 35.4 Å². The summed E-state index contributed by atoms with van der Waals surface area (Å²) in [4.78, 5) is 10.0. The second-order valence-corrected chi connectivity index (χ2v) is 6.84. The second kappa shape index (κ2) is 6.47. The number of nitro groups is 1. The number of nitro benzene ring substituents is 1. The molecular formula is C14H18N4O4S. The van der Waals surface area contributed by atoms with Gasteiger partial charge in [-0.15, -0.1) is 0 Å². The summed E-state index contributed by atoms with van der Waals surface area (Å²) in [5, 5.41) is 15.1. The van der Waals surface area contributed by atoms with Gasteiger partial charge in [0.25, 0.3) is 5.69 Å². The van der Waals surface area contributed by atoms with Crippen LogP contribution in [0.5, 0.6) is 0 Å². The normalized spacial score (nSPS) is 13.0. The molecule has 0 saturated carbocycles. The van der Waals surface area contributed by atoms with Crippen molar-refractivity contribution >= 4 is 15.7 Å². The van der Waals surface area contributed by atoms with E-state index in [4.69, 9.17) is 0 Å². The molecule has 0 aliphatic rings. The molecule has 0 amide bonds. The SMILES string of the molecule is CCn1cc(C(C)NS(=O)(=O)c2cccc([N+](=O)[O-])c2)c(C)n1. The number of nitrogens with zero attached hydrogens (tertiary/aromatic N) is 3. The van der Waals surface area contributed by atoms with Gasteiger partial charge >= 0.3 is 0 Å². The lowest BCUT2D eigenvalue weighted by molar-refractivity contribution is -0.385. The minimum absolute atomic E-state index is 0.140. The molecule has 0 aliphatic heterocycles. The second-order valence-electron chi connectivity index (χ2n) is 5.12. The molecule has 1 aromatic heterocycles. The Morgan fingerprint density at radius 3 is 2.70 bits per heavy atom. The van der Waals surface area contributed by atoms with Crippen LogP contribution in [0.2, 0.25) is 0 Å². The van der Waals surface area contributed by atoms with Crippen molar-refractivity contribution in [3.05, 3.63) is 51.8 Å². The minimum atomic E-state index is -3.87. The Morgan fingerprint density at radius 1 is 1.43 bits per heavy atom. The van der Waals surface area contributed by atoms with Crippen molar-refractivity contribution in [1.82, 2.24) is 14.5 Å². The number of rotatable bonds is 6. The van der Waals surface area contributed by atoms with E-state index < -0.39 is 21.0 Å². The molecule has 23 heavy (non-hydrogen) atoms. The lowest BCUT2D eigenvalue weighted by Crippen LogP contribution is -2.27. The number of nitrogens with one attached hydrogen (secondary N) is 1. The van der Waals surface area contributed by atoms with Gasteiger partial charge in [-0.3, -0.25) is 14.8 Å². The fraction of sp³-hybridized carbons (Fsp3) is 0.357. The Morgan fingerprint density at radius 2 is 2.13 bits per heavy atom. The Kier molecular flexibility index (Phi) is 4.81. The van der Waals surface area contributed by atoms with E-state index in [9.17, 15) is 18.5 Å². The van der Waals surface area contributed by atoms with Gasteiger partial charge in [-0.1, -0.05) is 6.07 Å². The van der Waals surface area contributed by atoms with Crippen LogP contribution in [0.3, 0.4) is 0 Å². The predicted octanol–water partition coefficient (Wildman–Crippen LogP) is 2.16. The number of sulfonamides is 1. The summed E-state index contributed by atoms with van der Waals surface area (Å²) in [5.74, 6) is 0. The predicted molar refractivity (Wildman–Crippen MR) is 84.5 cm³/mol. The molecule has 1 atom stereocenters. The molecule has 8 nitrogen and oxygen atoms in total. The number of aromatic nitrogens is 2. The molecule has 1 N–H and O–H groups in total. The molecule has 1 heterocycles. The summed E-state index contributed by atoms with van der Waals surface area (Å²) in [6.07, 6.45) is 1.79. The summed E-state index contributed by atoms with van der Waals surface area (Å²) < 4.78 is 29.1. The van der Waals surface area contributed by atoms with E-state index in [1.165, 1.54) is 18.2 Å². The molecule has 1 unspecified atom stereocenters. The van der Waals surface area contributed by atoms with Gasteiger partial charge in [0.1, 0.15) is 0 Å². The van der Waals surface area contributed by atoms with Crippen LogP contribution in [-0.2, 0) is 16.6 Å². The Labute approximate surface area is 134 Å². The van der Waals surface area contributed by atoms with Crippen LogP contribution in [0, 0.1) is 17.0 Å². The maximum Gasteiger partial charge on any atom is 0.270 e. The van der Waals surface area contributed by atoms with Crippen molar-refractivity contribution in [3.8, 4) is 0 Å². The number of hydrogen-bond acceptors (Lipinski definition) is 5. The highest BCUT2D eigenvalue weighted by molar-refractivity contribution is 7.89. The largest absolute Gasteiger partial charge is 0.272 e. The number of aryl methyl sites for hydroxylation is 2. The maximum absolute atomic E-state index is 12.4. The van der Waals surface area contributed by atoms with Gasteiger partial charge in [-0.2, -0.15) is 5.10 Å². The lowest BCUT2D eigenvalue weighted by Gasteiger charge is -2.13. The highest BCUT2D eigenvalue weighted by atomic mass is 32.2. The zero-order chi connectivity index (χ0) is 17.2. The smallest absolute Gasteiger partial charge is 0.270 e. The molecule has 2 aromatic rings. The Bertz CT molecular complexity index is 829. The van der Waals surface area contributed by atoms with Crippen molar-refractivity contribution in [2.45, 2.75) is 38.3 Å². The van der Waals surface area contributed by atoms with Gasteiger partial charge in [0.05, 0.1) is 15.5 Å². The molecule has 0 fully saturated rings. The van der Waals surface area contributed by atoms with E-state index in [0.29, 0.717) is 6.54 Å². The van der Waals surface area contributed by atoms with Gasteiger partial charge in [-0.05, 0) is 26.8 Å². The van der Waals surface area contributed by atoms with Crippen molar-refractivity contribution in [2.24, 2.45) is 0 Å². The summed E-state index contributed by atoms with van der Waals surface area (Å²) >= 11 is 0. The molecular weight excluding hydrogens is 320 g/mol. The maximum atomic E-state index is 12.4. The molecule has 0 bridgehead atoms. The van der Waals surface area contributed by atoms with Gasteiger partial charge in [0.2, 0.25) is 10.0 Å². The molecule has 0 radical (unpaired) electrons. The first-order valence-corrected chi connectivity index (χ1v) is 8.53. The highest BCUT2D eigenvalue weighted by Gasteiger charge is 2.22. The molecule has 2 rings (SSSR count). The van der Waals surface area contributed by atoms with Crippen LogP contribution < -0.4 is 4.72 Å². The van der Waals surface area contributed by atoms with Crippen LogP contribution in [0.25, 0.3) is 0 Å². The number of benzene rings is 1. The molecule has 1 aromatic carbocycles. The lowest BCUT2D eigenvalue weighted by atomic mass is 10.1. The van der Waals surface area contributed by atoms with Gasteiger partial charge in [0.15, 0.2) is 0 Å². The summed E-state index contributed by atoms with van der Waals surface area (Å²) in [6, 6.07) is 4.46. The third-order valence-corrected chi connectivity index (χ3v) is 4.98. The Balaban J connectivity index is 2.28. The van der Waals surface area contributed by atoms with Crippen LogP contribution >= 0.6 is 0 Å². The molecule has 0 spiro atoms. The first-order valence-electron chi connectivity index (χ1n) is 7.05.